The van der Waals surface area contributed by atoms with Crippen LogP contribution in [0.25, 0.3) is 0 Å². The van der Waals surface area contributed by atoms with Gasteiger partial charge in [0.15, 0.2) is 0 Å². The van der Waals surface area contributed by atoms with Crippen LogP contribution in [-0.4, -0.2) is 13.2 Å². The molecule has 0 atom stereocenters. The molecule has 0 heterocycles. The van der Waals surface area contributed by atoms with Crippen molar-refractivity contribution in [2.45, 2.75) is 97.8 Å². The zero-order chi connectivity index (χ0) is 19.3. The lowest BCUT2D eigenvalue weighted by Gasteiger charge is -2.23. The van der Waals surface area contributed by atoms with Gasteiger partial charge in [0, 0.05) is 13.2 Å². The van der Waals surface area contributed by atoms with E-state index in [2.05, 4.69) is 46.1 Å². The van der Waals surface area contributed by atoms with E-state index in [1.54, 1.807) is 0 Å². The van der Waals surface area contributed by atoms with Gasteiger partial charge >= 0.3 is 0 Å². The number of rotatable bonds is 15. The van der Waals surface area contributed by atoms with E-state index >= 15 is 0 Å². The number of ether oxygens (including phenoxy) is 1. The Morgan fingerprint density at radius 2 is 1.58 bits per heavy atom. The Labute approximate surface area is 164 Å². The minimum atomic E-state index is 0.192. The van der Waals surface area contributed by atoms with Gasteiger partial charge in [-0.2, -0.15) is 0 Å². The van der Waals surface area contributed by atoms with Gasteiger partial charge in [-0.05, 0) is 55.4 Å². The van der Waals surface area contributed by atoms with Crippen molar-refractivity contribution in [3.63, 3.8) is 0 Å². The minimum Gasteiger partial charge on any atom is -0.381 e. The second-order valence-electron chi connectivity index (χ2n) is 8.85. The maximum Gasteiger partial charge on any atom is 0.0494 e. The van der Waals surface area contributed by atoms with E-state index in [9.17, 15) is 0 Å². The van der Waals surface area contributed by atoms with E-state index < -0.39 is 0 Å². The molecule has 0 saturated heterocycles. The summed E-state index contributed by atoms with van der Waals surface area (Å²) in [7, 11) is 0. The zero-order valence-corrected chi connectivity index (χ0v) is 18.0. The van der Waals surface area contributed by atoms with E-state index in [1.807, 2.05) is 0 Å². The van der Waals surface area contributed by atoms with E-state index in [0.717, 1.165) is 32.0 Å². The summed E-state index contributed by atoms with van der Waals surface area (Å²) in [4.78, 5) is 0. The van der Waals surface area contributed by atoms with E-state index in [0.29, 0.717) is 0 Å². The third kappa shape index (κ3) is 10.4. The molecule has 0 N–H and O–H groups in total. The molecule has 0 aromatic rings. The molecular weight excluding hydrogens is 316 g/mol. The summed E-state index contributed by atoms with van der Waals surface area (Å²) in [6.07, 6.45) is 20.0. The highest BCUT2D eigenvalue weighted by Gasteiger charge is 2.16. The van der Waals surface area contributed by atoms with E-state index in [-0.39, 0.29) is 5.41 Å². The van der Waals surface area contributed by atoms with Crippen LogP contribution in [0.5, 0.6) is 0 Å². The Morgan fingerprint density at radius 1 is 0.962 bits per heavy atom. The van der Waals surface area contributed by atoms with Crippen LogP contribution in [-0.2, 0) is 4.74 Å². The van der Waals surface area contributed by atoms with Crippen molar-refractivity contribution in [2.75, 3.05) is 13.2 Å². The normalized spacial score (nSPS) is 15.8. The predicted octanol–water partition coefficient (Wildman–Crippen LogP) is 8.03. The van der Waals surface area contributed by atoms with Crippen LogP contribution in [0.3, 0.4) is 0 Å². The van der Waals surface area contributed by atoms with Crippen molar-refractivity contribution in [2.24, 2.45) is 11.3 Å². The first kappa shape index (κ1) is 23.2. The van der Waals surface area contributed by atoms with Crippen molar-refractivity contribution in [1.82, 2.24) is 0 Å². The molecular formula is C25H44O. The van der Waals surface area contributed by atoms with Crippen LogP contribution < -0.4 is 0 Å². The van der Waals surface area contributed by atoms with Gasteiger partial charge in [-0.25, -0.2) is 0 Å². The molecule has 1 fully saturated rings. The number of allylic oxidation sites excluding steroid dienone is 4. The van der Waals surface area contributed by atoms with Gasteiger partial charge in [0.25, 0.3) is 0 Å². The third-order valence-electron chi connectivity index (χ3n) is 6.14. The van der Waals surface area contributed by atoms with E-state index in [1.165, 1.54) is 75.4 Å². The molecule has 0 unspecified atom stereocenters. The highest BCUT2D eigenvalue weighted by atomic mass is 16.5. The predicted molar refractivity (Wildman–Crippen MR) is 117 cm³/mol. The standard InChI is InChI=1S/C25H44O/c1-6-25(4,5)23(3)19-18-22(2)15-11-9-7-8-10-14-20-26-21-24-16-12-13-17-24/h18-19,24H,2-3,6-17,20-21H2,1,4-5H3/b19-18-. The molecule has 1 heteroatoms. The second kappa shape index (κ2) is 13.4. The lowest BCUT2D eigenvalue weighted by Crippen LogP contribution is -2.10. The molecule has 0 aromatic heterocycles. The van der Waals surface area contributed by atoms with Crippen molar-refractivity contribution in [1.29, 1.82) is 0 Å². The monoisotopic (exact) mass is 360 g/mol. The van der Waals surface area contributed by atoms with Crippen LogP contribution >= 0.6 is 0 Å². The van der Waals surface area contributed by atoms with Crippen molar-refractivity contribution in [3.05, 3.63) is 36.5 Å². The van der Waals surface area contributed by atoms with Gasteiger partial charge in [-0.15, -0.1) is 0 Å². The van der Waals surface area contributed by atoms with Gasteiger partial charge in [-0.3, -0.25) is 0 Å². The first-order valence-corrected chi connectivity index (χ1v) is 11.1. The van der Waals surface area contributed by atoms with Gasteiger partial charge in [0.2, 0.25) is 0 Å². The smallest absolute Gasteiger partial charge is 0.0494 e. The Balaban J connectivity index is 1.91. The summed E-state index contributed by atoms with van der Waals surface area (Å²) >= 11 is 0. The average molecular weight is 361 g/mol. The van der Waals surface area contributed by atoms with Crippen LogP contribution in [0.4, 0.5) is 0 Å². The average Bonchev–Trinajstić information content (AvgIpc) is 3.14. The molecule has 0 aliphatic heterocycles. The Hall–Kier alpha value is -0.820. The van der Waals surface area contributed by atoms with Crippen LogP contribution in [0.15, 0.2) is 36.5 Å². The third-order valence-corrected chi connectivity index (χ3v) is 6.14. The van der Waals surface area contributed by atoms with Crippen molar-refractivity contribution in [3.8, 4) is 0 Å². The molecule has 150 valence electrons. The maximum atomic E-state index is 5.83. The fraction of sp³-hybridized carbons (Fsp3) is 0.760. The fourth-order valence-corrected chi connectivity index (χ4v) is 3.44. The highest BCUT2D eigenvalue weighted by molar-refractivity contribution is 5.28. The topological polar surface area (TPSA) is 9.23 Å². The summed E-state index contributed by atoms with van der Waals surface area (Å²) in [5, 5.41) is 0. The van der Waals surface area contributed by atoms with Crippen molar-refractivity contribution >= 4 is 0 Å². The number of unbranched alkanes of at least 4 members (excludes halogenated alkanes) is 5. The molecule has 1 aliphatic rings. The van der Waals surface area contributed by atoms with Crippen LogP contribution in [0.1, 0.15) is 97.8 Å². The van der Waals surface area contributed by atoms with Gasteiger partial charge in [-0.1, -0.05) is 90.2 Å². The number of hydrogen-bond acceptors (Lipinski definition) is 1. The Morgan fingerprint density at radius 3 is 2.23 bits per heavy atom. The quantitative estimate of drug-likeness (QED) is 0.212. The number of hydrogen-bond donors (Lipinski definition) is 0. The summed E-state index contributed by atoms with van der Waals surface area (Å²) in [5.74, 6) is 0.863. The van der Waals surface area contributed by atoms with Crippen molar-refractivity contribution < 1.29 is 4.74 Å². The summed E-state index contributed by atoms with van der Waals surface area (Å²) in [5.41, 5.74) is 2.63. The second-order valence-corrected chi connectivity index (χ2v) is 8.85. The van der Waals surface area contributed by atoms with Gasteiger partial charge in [0.1, 0.15) is 0 Å². The summed E-state index contributed by atoms with van der Waals surface area (Å²) in [6.45, 7) is 17.1. The molecule has 0 amide bonds. The minimum absolute atomic E-state index is 0.192. The zero-order valence-electron chi connectivity index (χ0n) is 18.0. The molecule has 1 aliphatic carbocycles. The Bertz CT molecular complexity index is 423. The molecule has 1 saturated carbocycles. The lowest BCUT2D eigenvalue weighted by molar-refractivity contribution is 0.0978. The Kier molecular flexibility index (Phi) is 11.9. The highest BCUT2D eigenvalue weighted by Crippen LogP contribution is 2.29. The molecule has 0 spiro atoms. The molecule has 1 nitrogen and oxygen atoms in total. The van der Waals surface area contributed by atoms with Crippen LogP contribution in [0, 0.1) is 11.3 Å². The molecule has 0 aromatic carbocycles. The molecule has 1 rings (SSSR count). The van der Waals surface area contributed by atoms with Gasteiger partial charge in [0.05, 0.1) is 0 Å². The first-order chi connectivity index (χ1) is 12.5. The SMILES string of the molecule is C=C(/C=C\C(=C)C(C)(C)CC)CCCCCCCCOCC1CCCC1. The van der Waals surface area contributed by atoms with Gasteiger partial charge < -0.3 is 4.74 Å². The fourth-order valence-electron chi connectivity index (χ4n) is 3.44. The first-order valence-electron chi connectivity index (χ1n) is 11.1. The summed E-state index contributed by atoms with van der Waals surface area (Å²) in [6, 6.07) is 0. The molecule has 0 radical (unpaired) electrons. The largest absolute Gasteiger partial charge is 0.381 e. The maximum absolute atomic E-state index is 5.83. The summed E-state index contributed by atoms with van der Waals surface area (Å²) < 4.78 is 5.83. The van der Waals surface area contributed by atoms with E-state index in [4.69, 9.17) is 4.74 Å². The van der Waals surface area contributed by atoms with Crippen LogP contribution in [0.2, 0.25) is 0 Å². The molecule has 0 bridgehead atoms. The lowest BCUT2D eigenvalue weighted by atomic mass is 9.82. The molecule has 26 heavy (non-hydrogen) atoms.